The quantitative estimate of drug-likeness (QED) is 0.281. The summed E-state index contributed by atoms with van der Waals surface area (Å²) in [6.07, 6.45) is 2.74. The molecule has 1 spiro atoms. The molecule has 1 aliphatic carbocycles. The Kier molecular flexibility index (Phi) is 10.3. The summed E-state index contributed by atoms with van der Waals surface area (Å²) in [6, 6.07) is 9.19. The van der Waals surface area contributed by atoms with Gasteiger partial charge in [0.05, 0.1) is 24.7 Å². The largest absolute Gasteiger partial charge is 0.454 e. The lowest BCUT2D eigenvalue weighted by Crippen LogP contribution is -2.59. The lowest BCUT2D eigenvalue weighted by molar-refractivity contribution is -0.145. The van der Waals surface area contributed by atoms with E-state index in [1.807, 2.05) is 33.8 Å². The molecular formula is C37H44ClN5O8. The molecule has 0 bridgehead atoms. The summed E-state index contributed by atoms with van der Waals surface area (Å²) in [6.45, 7) is 7.45. The highest BCUT2D eigenvalue weighted by Crippen LogP contribution is 2.40. The van der Waals surface area contributed by atoms with E-state index in [1.165, 1.54) is 4.90 Å². The second-order valence-corrected chi connectivity index (χ2v) is 15.3. The number of fused-ring (bicyclic) bond motifs is 1. The van der Waals surface area contributed by atoms with Gasteiger partial charge in [-0.25, -0.2) is 0 Å². The number of ketones is 1. The van der Waals surface area contributed by atoms with Gasteiger partial charge in [0.15, 0.2) is 17.1 Å². The first kappa shape index (κ1) is 36.2. The van der Waals surface area contributed by atoms with Crippen LogP contribution in [0.4, 0.5) is 0 Å². The Labute approximate surface area is 301 Å². The highest BCUT2D eigenvalue weighted by molar-refractivity contribution is 6.38. The van der Waals surface area contributed by atoms with E-state index < -0.39 is 58.6 Å². The number of halogens is 1. The first-order valence-corrected chi connectivity index (χ1v) is 17.8. The summed E-state index contributed by atoms with van der Waals surface area (Å²) in [5.41, 5.74) is 0.229. The zero-order valence-electron chi connectivity index (χ0n) is 29.3. The number of ether oxygens (including phenoxy) is 2. The van der Waals surface area contributed by atoms with Gasteiger partial charge in [-0.3, -0.25) is 24.0 Å². The predicted molar refractivity (Wildman–Crippen MR) is 187 cm³/mol. The molecule has 14 heteroatoms. The first-order valence-electron chi connectivity index (χ1n) is 17.4. The van der Waals surface area contributed by atoms with Crippen molar-refractivity contribution < 1.29 is 38.3 Å². The number of Topliss-reactive ketones (excluding diaryl/α,β-unsaturated/α-hetero) is 1. The van der Waals surface area contributed by atoms with Crippen molar-refractivity contribution in [3.8, 4) is 11.5 Å². The fraction of sp³-hybridized carbons (Fsp3) is 0.514. The van der Waals surface area contributed by atoms with Crippen LogP contribution in [0.15, 0.2) is 47.6 Å². The molecule has 4 atom stereocenters. The SMILES string of the molecule is CCC[C@H](NC(=O)[C@@H]1C[C@]2(CC(c3cccc(Cl)c3)=NO2)CN1C(=O)[C@@H](NC(=O)Cc1ccc2c(c1)OCO2)C(C)(C)C)C(=O)C(=O)NC1CC1. The molecule has 51 heavy (non-hydrogen) atoms. The van der Waals surface area contributed by atoms with Crippen molar-refractivity contribution in [2.24, 2.45) is 10.6 Å². The third-order valence-corrected chi connectivity index (χ3v) is 9.78. The van der Waals surface area contributed by atoms with Gasteiger partial charge < -0.3 is 35.2 Å². The smallest absolute Gasteiger partial charge is 0.289 e. The van der Waals surface area contributed by atoms with E-state index in [2.05, 4.69) is 21.1 Å². The Morgan fingerprint density at radius 3 is 2.51 bits per heavy atom. The number of oxime groups is 1. The Morgan fingerprint density at radius 1 is 1.04 bits per heavy atom. The first-order chi connectivity index (χ1) is 24.2. The van der Waals surface area contributed by atoms with Crippen LogP contribution in [0.3, 0.4) is 0 Å². The molecule has 4 aliphatic rings. The van der Waals surface area contributed by atoms with Gasteiger partial charge in [-0.2, -0.15) is 0 Å². The predicted octanol–water partition coefficient (Wildman–Crippen LogP) is 3.44. The highest BCUT2D eigenvalue weighted by Gasteiger charge is 2.55. The molecule has 3 aliphatic heterocycles. The molecule has 2 fully saturated rings. The molecule has 2 aromatic carbocycles. The molecule has 0 aromatic heterocycles. The van der Waals surface area contributed by atoms with Crippen LogP contribution in [0.5, 0.6) is 11.5 Å². The molecule has 3 heterocycles. The van der Waals surface area contributed by atoms with Crippen LogP contribution >= 0.6 is 11.6 Å². The fourth-order valence-electron chi connectivity index (χ4n) is 6.68. The Morgan fingerprint density at radius 2 is 1.80 bits per heavy atom. The topological polar surface area (TPSA) is 165 Å². The molecule has 13 nitrogen and oxygen atoms in total. The second kappa shape index (κ2) is 14.5. The van der Waals surface area contributed by atoms with Gasteiger partial charge >= 0.3 is 0 Å². The molecule has 2 aromatic rings. The van der Waals surface area contributed by atoms with Crippen LogP contribution in [0.2, 0.25) is 5.02 Å². The second-order valence-electron chi connectivity index (χ2n) is 14.9. The van der Waals surface area contributed by atoms with Crippen LogP contribution in [-0.4, -0.2) is 83.1 Å². The van der Waals surface area contributed by atoms with Crippen molar-refractivity contribution >= 4 is 46.7 Å². The van der Waals surface area contributed by atoms with E-state index in [9.17, 15) is 24.0 Å². The lowest BCUT2D eigenvalue weighted by Gasteiger charge is -2.35. The number of carbonyl (C=O) groups is 5. The molecule has 4 amide bonds. The molecule has 1 saturated heterocycles. The van der Waals surface area contributed by atoms with Gasteiger partial charge in [0, 0.05) is 29.5 Å². The number of nitrogens with one attached hydrogen (secondary N) is 3. The van der Waals surface area contributed by atoms with Crippen molar-refractivity contribution in [2.45, 2.75) is 102 Å². The minimum Gasteiger partial charge on any atom is -0.454 e. The summed E-state index contributed by atoms with van der Waals surface area (Å²) < 4.78 is 10.8. The van der Waals surface area contributed by atoms with Gasteiger partial charge in [-0.15, -0.1) is 0 Å². The van der Waals surface area contributed by atoms with Gasteiger partial charge in [0.25, 0.3) is 5.91 Å². The monoisotopic (exact) mass is 721 g/mol. The maximum atomic E-state index is 14.6. The molecule has 0 unspecified atom stereocenters. The average molecular weight is 722 g/mol. The number of rotatable bonds is 12. The zero-order valence-corrected chi connectivity index (χ0v) is 30.0. The number of hydrogen-bond donors (Lipinski definition) is 3. The molecule has 3 N–H and O–H groups in total. The van der Waals surface area contributed by atoms with E-state index in [0.717, 1.165) is 18.4 Å². The number of likely N-dealkylation sites (tertiary alicyclic amines) is 1. The van der Waals surface area contributed by atoms with Crippen molar-refractivity contribution in [1.29, 1.82) is 0 Å². The molecule has 6 rings (SSSR count). The fourth-order valence-corrected chi connectivity index (χ4v) is 6.87. The number of amides is 4. The van der Waals surface area contributed by atoms with Crippen molar-refractivity contribution in [2.75, 3.05) is 13.3 Å². The Balaban J connectivity index is 1.24. The number of benzene rings is 2. The van der Waals surface area contributed by atoms with Crippen LogP contribution in [0.25, 0.3) is 0 Å². The third kappa shape index (κ3) is 8.30. The summed E-state index contributed by atoms with van der Waals surface area (Å²) >= 11 is 6.25. The van der Waals surface area contributed by atoms with Crippen LogP contribution in [0.1, 0.15) is 77.3 Å². The summed E-state index contributed by atoms with van der Waals surface area (Å²) in [5, 5.41) is 13.3. The average Bonchev–Trinajstić information content (AvgIpc) is 3.45. The highest BCUT2D eigenvalue weighted by atomic mass is 35.5. The lowest BCUT2D eigenvalue weighted by atomic mass is 9.85. The van der Waals surface area contributed by atoms with Gasteiger partial charge in [0.2, 0.25) is 30.3 Å². The molecule has 0 radical (unpaired) electrons. The van der Waals surface area contributed by atoms with E-state index in [-0.39, 0.29) is 38.6 Å². The van der Waals surface area contributed by atoms with Crippen LogP contribution < -0.4 is 25.4 Å². The van der Waals surface area contributed by atoms with Gasteiger partial charge in [0.1, 0.15) is 12.1 Å². The minimum absolute atomic E-state index is 0.00332. The van der Waals surface area contributed by atoms with Crippen molar-refractivity contribution in [3.05, 3.63) is 58.6 Å². The molecular weight excluding hydrogens is 678 g/mol. The zero-order chi connectivity index (χ0) is 36.5. The van der Waals surface area contributed by atoms with Crippen molar-refractivity contribution in [1.82, 2.24) is 20.9 Å². The molecule has 1 saturated carbocycles. The summed E-state index contributed by atoms with van der Waals surface area (Å²) in [7, 11) is 0. The summed E-state index contributed by atoms with van der Waals surface area (Å²) in [4.78, 5) is 75.6. The standard InChI is InChI=1S/C37H44ClN5O8/c1-5-7-25(31(45)34(47)39-24-11-12-24)40-33(46)27-18-37(17-26(42-51-37)22-8-6-9-23(38)16-22)19-43(27)35(48)32(36(2,3)4)41-30(44)15-21-10-13-28-29(14-21)50-20-49-28/h6,8-10,13-14,16,24-25,27,32H,5,7,11-12,15,17-20H2,1-4H3,(H,39,47)(H,40,46)(H,41,44)/t25-,27-,32+,37+/m0/s1. The van der Waals surface area contributed by atoms with Crippen molar-refractivity contribution in [3.63, 3.8) is 0 Å². The Hall–Kier alpha value is -4.65. The third-order valence-electron chi connectivity index (χ3n) is 9.55. The maximum absolute atomic E-state index is 14.6. The van der Waals surface area contributed by atoms with Gasteiger partial charge in [-0.05, 0) is 54.5 Å². The molecule has 272 valence electrons. The van der Waals surface area contributed by atoms with E-state index in [1.54, 1.807) is 36.4 Å². The maximum Gasteiger partial charge on any atom is 0.289 e. The number of nitrogens with zero attached hydrogens (tertiary/aromatic N) is 2. The van der Waals surface area contributed by atoms with E-state index in [0.29, 0.717) is 40.6 Å². The number of carbonyl (C=O) groups excluding carboxylic acids is 5. The minimum atomic E-state index is -1.08. The van der Waals surface area contributed by atoms with E-state index >= 15 is 0 Å². The van der Waals surface area contributed by atoms with Crippen LogP contribution in [-0.2, 0) is 35.2 Å². The van der Waals surface area contributed by atoms with Gasteiger partial charge in [-0.1, -0.05) is 69.1 Å². The Bertz CT molecular complexity index is 1750. The van der Waals surface area contributed by atoms with Crippen LogP contribution in [0, 0.1) is 5.41 Å². The summed E-state index contributed by atoms with van der Waals surface area (Å²) in [5.74, 6) is -1.79. The number of hydrogen-bond acceptors (Lipinski definition) is 9. The van der Waals surface area contributed by atoms with E-state index in [4.69, 9.17) is 25.9 Å². The normalized spacial score (nSPS) is 21.8.